The summed E-state index contributed by atoms with van der Waals surface area (Å²) >= 11 is 5.58. The van der Waals surface area contributed by atoms with Crippen molar-refractivity contribution < 1.29 is 23.8 Å². The Balaban J connectivity index is 2.41. The Morgan fingerprint density at radius 3 is 2.72 bits per heavy atom. The van der Waals surface area contributed by atoms with E-state index in [2.05, 4.69) is 10.6 Å². The first-order valence-corrected chi connectivity index (χ1v) is 8.37. The highest BCUT2D eigenvalue weighted by Crippen LogP contribution is 2.34. The number of amides is 2. The third-order valence-corrected chi connectivity index (χ3v) is 3.77. The normalized spacial score (nSPS) is 16.8. The third-order valence-electron chi connectivity index (χ3n) is 3.62. The van der Waals surface area contributed by atoms with Gasteiger partial charge in [-0.3, -0.25) is 0 Å². The van der Waals surface area contributed by atoms with Crippen LogP contribution in [0, 0.1) is 0 Å². The maximum atomic E-state index is 12.4. The van der Waals surface area contributed by atoms with E-state index in [1.54, 1.807) is 25.1 Å². The first kappa shape index (κ1) is 18.9. The van der Waals surface area contributed by atoms with Crippen LogP contribution in [0.15, 0.2) is 29.5 Å². The fourth-order valence-corrected chi connectivity index (χ4v) is 2.64. The Bertz CT molecular complexity index is 690. The lowest BCUT2D eigenvalue weighted by atomic mass is 9.95. The van der Waals surface area contributed by atoms with E-state index < -0.39 is 18.0 Å². The summed E-state index contributed by atoms with van der Waals surface area (Å²) in [6.45, 7) is 4.10. The maximum Gasteiger partial charge on any atom is 0.338 e. The van der Waals surface area contributed by atoms with Gasteiger partial charge in [-0.1, -0.05) is 6.07 Å². The summed E-state index contributed by atoms with van der Waals surface area (Å²) in [5.41, 5.74) is 1.42. The monoisotopic (exact) mass is 368 g/mol. The molecule has 2 N–H and O–H groups in total. The van der Waals surface area contributed by atoms with Crippen LogP contribution in [0.25, 0.3) is 0 Å². The van der Waals surface area contributed by atoms with Crippen molar-refractivity contribution in [3.8, 4) is 11.5 Å². The van der Waals surface area contributed by atoms with Crippen molar-refractivity contribution in [2.24, 2.45) is 0 Å². The van der Waals surface area contributed by atoms with Crippen molar-refractivity contribution in [1.29, 1.82) is 0 Å². The lowest BCUT2D eigenvalue weighted by Gasteiger charge is -2.28. The Hall–Kier alpha value is -2.41. The molecule has 136 valence electrons. The molecule has 1 aliphatic heterocycles. The second-order valence-corrected chi connectivity index (χ2v) is 5.62. The maximum absolute atomic E-state index is 12.4. The average Bonchev–Trinajstić information content (AvgIpc) is 2.59. The summed E-state index contributed by atoms with van der Waals surface area (Å²) in [4.78, 5) is 24.3. The number of urea groups is 1. The van der Waals surface area contributed by atoms with Gasteiger partial charge in [-0.25, -0.2) is 9.59 Å². The molecule has 0 radical (unpaired) electrons. The van der Waals surface area contributed by atoms with Crippen LogP contribution in [0.5, 0.6) is 11.5 Å². The molecule has 1 aromatic rings. The minimum absolute atomic E-state index is 0.0877. The number of benzene rings is 1. The SMILES string of the molecule is CCOc1ccc(C2NC(=O)NC(C)=C2C(=O)OCCCl)cc1OC. The molecule has 1 unspecified atom stereocenters. The van der Waals surface area contributed by atoms with Gasteiger partial charge in [-0.2, -0.15) is 0 Å². The molecule has 0 saturated heterocycles. The number of nitrogens with one attached hydrogen (secondary N) is 2. The summed E-state index contributed by atoms with van der Waals surface area (Å²) in [5, 5.41) is 5.32. The van der Waals surface area contributed by atoms with Crippen molar-refractivity contribution >= 4 is 23.6 Å². The van der Waals surface area contributed by atoms with Crippen LogP contribution in [0.2, 0.25) is 0 Å². The number of halogens is 1. The van der Waals surface area contributed by atoms with Crippen LogP contribution < -0.4 is 20.1 Å². The summed E-state index contributed by atoms with van der Waals surface area (Å²) < 4.78 is 16.0. The van der Waals surface area contributed by atoms with Crippen LogP contribution in [0.4, 0.5) is 4.79 Å². The molecule has 7 nitrogen and oxygen atoms in total. The summed E-state index contributed by atoms with van der Waals surface area (Å²) in [7, 11) is 1.53. The summed E-state index contributed by atoms with van der Waals surface area (Å²) in [6.07, 6.45) is 0. The minimum atomic E-state index is -0.666. The number of hydrogen-bond donors (Lipinski definition) is 2. The molecular formula is C17H21ClN2O5. The fourth-order valence-electron chi connectivity index (χ4n) is 2.56. The highest BCUT2D eigenvalue weighted by Gasteiger charge is 2.32. The first-order chi connectivity index (χ1) is 12.0. The van der Waals surface area contributed by atoms with Crippen molar-refractivity contribution in [1.82, 2.24) is 10.6 Å². The highest BCUT2D eigenvalue weighted by molar-refractivity contribution is 6.18. The van der Waals surface area contributed by atoms with Gasteiger partial charge in [-0.15, -0.1) is 11.6 Å². The van der Waals surface area contributed by atoms with E-state index >= 15 is 0 Å². The standard InChI is InChI=1S/C17H21ClN2O5/c1-4-24-12-6-5-11(9-13(12)23-3)15-14(16(21)25-8-7-18)10(2)19-17(22)20-15/h5-6,9,15H,4,7-8H2,1-3H3,(H2,19,20,22). The smallest absolute Gasteiger partial charge is 0.338 e. The summed E-state index contributed by atoms with van der Waals surface area (Å²) in [6, 6.07) is 4.17. The highest BCUT2D eigenvalue weighted by atomic mass is 35.5. The van der Waals surface area contributed by atoms with Gasteiger partial charge in [0.25, 0.3) is 0 Å². The Morgan fingerprint density at radius 2 is 2.08 bits per heavy atom. The number of carbonyl (C=O) groups is 2. The molecule has 2 amide bonds. The number of hydrogen-bond acceptors (Lipinski definition) is 5. The molecule has 0 spiro atoms. The van der Waals surface area contributed by atoms with Gasteiger partial charge < -0.3 is 24.8 Å². The van der Waals surface area contributed by atoms with Crippen molar-refractivity contribution in [3.63, 3.8) is 0 Å². The van der Waals surface area contributed by atoms with Crippen molar-refractivity contribution in [3.05, 3.63) is 35.0 Å². The molecule has 25 heavy (non-hydrogen) atoms. The van der Waals surface area contributed by atoms with Gasteiger partial charge in [0.05, 0.1) is 31.2 Å². The zero-order chi connectivity index (χ0) is 18.4. The molecule has 1 atom stereocenters. The average molecular weight is 369 g/mol. The Kier molecular flexibility index (Phi) is 6.52. The predicted molar refractivity (Wildman–Crippen MR) is 93.0 cm³/mol. The number of carbonyl (C=O) groups excluding carboxylic acids is 2. The van der Waals surface area contributed by atoms with Gasteiger partial charge in [0.15, 0.2) is 11.5 Å². The molecular weight excluding hydrogens is 348 g/mol. The van der Waals surface area contributed by atoms with Crippen LogP contribution in [0.3, 0.4) is 0 Å². The van der Waals surface area contributed by atoms with E-state index in [0.29, 0.717) is 34.9 Å². The van der Waals surface area contributed by atoms with Crippen LogP contribution in [0.1, 0.15) is 25.5 Å². The number of esters is 1. The fraction of sp³-hybridized carbons (Fsp3) is 0.412. The summed E-state index contributed by atoms with van der Waals surface area (Å²) in [5.74, 6) is 0.752. The van der Waals surface area contributed by atoms with Gasteiger partial charge in [-0.05, 0) is 31.5 Å². The molecule has 1 aliphatic rings. The molecule has 2 rings (SSSR count). The van der Waals surface area contributed by atoms with E-state index in [9.17, 15) is 9.59 Å². The number of rotatable bonds is 7. The van der Waals surface area contributed by atoms with Gasteiger partial charge >= 0.3 is 12.0 Å². The molecule has 8 heteroatoms. The van der Waals surface area contributed by atoms with Gasteiger partial charge in [0.2, 0.25) is 0 Å². The van der Waals surface area contributed by atoms with Crippen LogP contribution in [-0.4, -0.2) is 38.2 Å². The molecule has 0 saturated carbocycles. The number of ether oxygens (including phenoxy) is 3. The second-order valence-electron chi connectivity index (χ2n) is 5.24. The minimum Gasteiger partial charge on any atom is -0.493 e. The lowest BCUT2D eigenvalue weighted by Crippen LogP contribution is -2.45. The Labute approximate surface area is 151 Å². The van der Waals surface area contributed by atoms with Gasteiger partial charge in [0.1, 0.15) is 6.61 Å². The number of alkyl halides is 1. The zero-order valence-corrected chi connectivity index (χ0v) is 15.1. The van der Waals surface area contributed by atoms with Crippen LogP contribution >= 0.6 is 11.6 Å². The molecule has 0 bridgehead atoms. The molecule has 0 fully saturated rings. The molecule has 1 heterocycles. The predicted octanol–water partition coefficient (Wildman–Crippen LogP) is 2.50. The molecule has 0 aromatic heterocycles. The van der Waals surface area contributed by atoms with Crippen molar-refractivity contribution in [2.75, 3.05) is 26.2 Å². The Morgan fingerprint density at radius 1 is 1.32 bits per heavy atom. The largest absolute Gasteiger partial charge is 0.493 e. The van der Waals surface area contributed by atoms with E-state index in [1.165, 1.54) is 7.11 Å². The van der Waals surface area contributed by atoms with Crippen molar-refractivity contribution in [2.45, 2.75) is 19.9 Å². The molecule has 1 aromatic carbocycles. The zero-order valence-electron chi connectivity index (χ0n) is 14.3. The van der Waals surface area contributed by atoms with E-state index in [-0.39, 0.29) is 12.5 Å². The van der Waals surface area contributed by atoms with Crippen LogP contribution in [-0.2, 0) is 9.53 Å². The van der Waals surface area contributed by atoms with Gasteiger partial charge in [0, 0.05) is 5.70 Å². The van der Waals surface area contributed by atoms with E-state index in [1.807, 2.05) is 6.92 Å². The number of methoxy groups -OCH3 is 1. The molecule has 0 aliphatic carbocycles. The lowest BCUT2D eigenvalue weighted by molar-refractivity contribution is -0.139. The topological polar surface area (TPSA) is 85.9 Å². The van der Waals surface area contributed by atoms with E-state index in [4.69, 9.17) is 25.8 Å². The second kappa shape index (κ2) is 8.62. The first-order valence-electron chi connectivity index (χ1n) is 7.83. The number of allylic oxidation sites excluding steroid dienone is 1. The van der Waals surface area contributed by atoms with E-state index in [0.717, 1.165) is 0 Å². The quantitative estimate of drug-likeness (QED) is 0.570. The third kappa shape index (κ3) is 4.36.